The van der Waals surface area contributed by atoms with E-state index < -0.39 is 23.6 Å². The molecule has 5 nitrogen and oxygen atoms in total. The van der Waals surface area contributed by atoms with Crippen molar-refractivity contribution in [3.8, 4) is 16.9 Å². The molecule has 0 aliphatic rings. The summed E-state index contributed by atoms with van der Waals surface area (Å²) in [6, 6.07) is 12.2. The van der Waals surface area contributed by atoms with Gasteiger partial charge in [-0.1, -0.05) is 23.7 Å². The van der Waals surface area contributed by atoms with Crippen molar-refractivity contribution in [1.82, 2.24) is 0 Å². The third kappa shape index (κ3) is 4.96. The van der Waals surface area contributed by atoms with Gasteiger partial charge < -0.3 is 15.4 Å². The van der Waals surface area contributed by atoms with Crippen LogP contribution in [0.5, 0.6) is 5.75 Å². The average molecular weight is 477 g/mol. The molecule has 0 aliphatic carbocycles. The Balaban J connectivity index is 2.09. The van der Waals surface area contributed by atoms with E-state index in [0.717, 1.165) is 16.5 Å². The molecular weight excluding hydrogens is 457 g/mol. The van der Waals surface area contributed by atoms with Gasteiger partial charge in [-0.2, -0.15) is 13.2 Å². The van der Waals surface area contributed by atoms with Gasteiger partial charge in [-0.15, -0.1) is 0 Å². The lowest BCUT2D eigenvalue weighted by molar-refractivity contribution is -0.137. The van der Waals surface area contributed by atoms with Gasteiger partial charge in [0.15, 0.2) is 0 Å². The normalized spacial score (nSPS) is 11.2. The van der Waals surface area contributed by atoms with Gasteiger partial charge in [0, 0.05) is 28.8 Å². The number of alkyl halides is 3. The van der Waals surface area contributed by atoms with Crippen LogP contribution >= 0.6 is 11.6 Å². The molecule has 33 heavy (non-hydrogen) atoms. The van der Waals surface area contributed by atoms with Crippen LogP contribution in [-0.4, -0.2) is 26.0 Å². The molecule has 0 aliphatic heterocycles. The van der Waals surface area contributed by atoms with E-state index in [0.29, 0.717) is 5.75 Å². The van der Waals surface area contributed by atoms with Gasteiger partial charge in [-0.3, -0.25) is 9.59 Å². The van der Waals surface area contributed by atoms with Gasteiger partial charge in [0.2, 0.25) is 5.91 Å². The number of benzene rings is 3. The Hall–Kier alpha value is -3.52. The molecule has 0 bridgehead atoms. The predicted octanol–water partition coefficient (Wildman–Crippen LogP) is 5.72. The Kier molecular flexibility index (Phi) is 6.69. The summed E-state index contributed by atoms with van der Waals surface area (Å²) in [5.74, 6) is -0.927. The van der Waals surface area contributed by atoms with E-state index >= 15 is 0 Å². The second-order valence-electron chi connectivity index (χ2n) is 7.34. The van der Waals surface area contributed by atoms with Crippen LogP contribution in [0.3, 0.4) is 0 Å². The first-order valence-corrected chi connectivity index (χ1v) is 10.1. The smallest absolute Gasteiger partial charge is 0.418 e. The monoisotopic (exact) mass is 476 g/mol. The average Bonchev–Trinajstić information content (AvgIpc) is 2.77. The second kappa shape index (κ2) is 9.15. The largest absolute Gasteiger partial charge is 0.496 e. The summed E-state index contributed by atoms with van der Waals surface area (Å²) in [6.07, 6.45) is -4.77. The molecule has 0 unspecified atom stereocenters. The maximum absolute atomic E-state index is 14.0. The number of hydrogen-bond donors (Lipinski definition) is 1. The number of amides is 2. The molecule has 0 radical (unpaired) electrons. The van der Waals surface area contributed by atoms with Crippen molar-refractivity contribution in [2.45, 2.75) is 13.1 Å². The zero-order valence-electron chi connectivity index (χ0n) is 18.0. The van der Waals surface area contributed by atoms with E-state index in [1.165, 1.54) is 56.6 Å². The number of methoxy groups -OCH3 is 1. The first-order chi connectivity index (χ1) is 15.4. The van der Waals surface area contributed by atoms with Crippen molar-refractivity contribution in [2.75, 3.05) is 19.1 Å². The van der Waals surface area contributed by atoms with Crippen LogP contribution in [0.25, 0.3) is 11.1 Å². The molecule has 0 aromatic heterocycles. The topological polar surface area (TPSA) is 72.6 Å². The number of ether oxygens (including phenoxy) is 1. The van der Waals surface area contributed by atoms with Crippen molar-refractivity contribution in [1.29, 1.82) is 0 Å². The van der Waals surface area contributed by atoms with Crippen LogP contribution in [0.4, 0.5) is 18.9 Å². The van der Waals surface area contributed by atoms with Crippen LogP contribution < -0.4 is 15.4 Å². The molecule has 0 fully saturated rings. The summed E-state index contributed by atoms with van der Waals surface area (Å²) < 4.78 is 47.2. The molecule has 172 valence electrons. The number of primary amides is 1. The second-order valence-corrected chi connectivity index (χ2v) is 7.74. The summed E-state index contributed by atoms with van der Waals surface area (Å²) in [5.41, 5.74) is 5.31. The Morgan fingerprint density at radius 3 is 2.27 bits per heavy atom. The van der Waals surface area contributed by atoms with Crippen molar-refractivity contribution in [3.63, 3.8) is 0 Å². The van der Waals surface area contributed by atoms with Crippen LogP contribution in [0.15, 0.2) is 54.6 Å². The Labute approximate surface area is 193 Å². The molecular formula is C24H20ClF3N2O3. The first kappa shape index (κ1) is 24.1. The van der Waals surface area contributed by atoms with Gasteiger partial charge in [0.25, 0.3) is 5.91 Å². The van der Waals surface area contributed by atoms with Gasteiger partial charge in [-0.05, 0) is 60.5 Å². The van der Waals surface area contributed by atoms with Gasteiger partial charge in [0.1, 0.15) is 5.75 Å². The summed E-state index contributed by atoms with van der Waals surface area (Å²) >= 11 is 6.17. The minimum absolute atomic E-state index is 0.104. The number of carbonyl (C=O) groups excluding carboxylic acids is 2. The number of halogens is 4. The van der Waals surface area contributed by atoms with Crippen molar-refractivity contribution in [2.24, 2.45) is 5.73 Å². The molecule has 9 heteroatoms. The molecule has 0 atom stereocenters. The van der Waals surface area contributed by atoms with E-state index in [2.05, 4.69) is 0 Å². The van der Waals surface area contributed by atoms with Crippen LogP contribution in [0, 0.1) is 6.92 Å². The molecule has 0 saturated heterocycles. The van der Waals surface area contributed by atoms with Crippen LogP contribution in [-0.2, 0) is 6.18 Å². The highest BCUT2D eigenvalue weighted by Crippen LogP contribution is 2.40. The fourth-order valence-corrected chi connectivity index (χ4v) is 3.61. The van der Waals surface area contributed by atoms with Gasteiger partial charge >= 0.3 is 6.18 Å². The number of rotatable bonds is 5. The highest BCUT2D eigenvalue weighted by Gasteiger charge is 2.36. The molecule has 2 N–H and O–H groups in total. The summed E-state index contributed by atoms with van der Waals surface area (Å²) in [6.45, 7) is 1.79. The maximum Gasteiger partial charge on any atom is 0.418 e. The number of anilines is 1. The fraction of sp³-hybridized carbons (Fsp3) is 0.167. The van der Waals surface area contributed by atoms with Gasteiger partial charge in [-0.25, -0.2) is 0 Å². The molecule has 3 aromatic rings. The Morgan fingerprint density at radius 2 is 1.67 bits per heavy atom. The number of carbonyl (C=O) groups is 2. The number of hydrogen-bond acceptors (Lipinski definition) is 3. The number of nitrogens with zero attached hydrogens (tertiary/aromatic N) is 1. The van der Waals surface area contributed by atoms with Crippen molar-refractivity contribution >= 4 is 29.1 Å². The fourth-order valence-electron chi connectivity index (χ4n) is 3.38. The summed E-state index contributed by atoms with van der Waals surface area (Å²) in [5, 5.41) is 0.150. The Morgan fingerprint density at radius 1 is 1.00 bits per heavy atom. The van der Waals surface area contributed by atoms with Crippen LogP contribution in [0.1, 0.15) is 31.8 Å². The van der Waals surface area contributed by atoms with Gasteiger partial charge in [0.05, 0.1) is 18.4 Å². The molecule has 0 spiro atoms. The first-order valence-electron chi connectivity index (χ1n) is 9.67. The van der Waals surface area contributed by atoms with E-state index in [9.17, 15) is 22.8 Å². The summed E-state index contributed by atoms with van der Waals surface area (Å²) in [7, 11) is 2.71. The highest BCUT2D eigenvalue weighted by atomic mass is 35.5. The minimum atomic E-state index is -4.77. The lowest BCUT2D eigenvalue weighted by atomic mass is 9.98. The third-order valence-corrected chi connectivity index (χ3v) is 5.51. The van der Waals surface area contributed by atoms with Crippen LogP contribution in [0.2, 0.25) is 5.02 Å². The standard InChI is InChI=1S/C24H20ClF3N2O3/c1-13-4-5-16(12-21(13)33-3)23(32)30(2)20-9-7-14(11-18(20)24(26,27)28)17-10-15(22(29)31)6-8-19(17)25/h4-12H,1-3H3,(H2,29,31). The number of aryl methyl sites for hydroxylation is 1. The quantitative estimate of drug-likeness (QED) is 0.512. The van der Waals surface area contributed by atoms with E-state index in [4.69, 9.17) is 22.1 Å². The lowest BCUT2D eigenvalue weighted by Gasteiger charge is -2.23. The molecule has 2 amide bonds. The third-order valence-electron chi connectivity index (χ3n) is 5.18. The van der Waals surface area contributed by atoms with E-state index in [1.54, 1.807) is 13.0 Å². The van der Waals surface area contributed by atoms with Crippen molar-refractivity contribution in [3.05, 3.63) is 81.9 Å². The SMILES string of the molecule is COc1cc(C(=O)N(C)c2ccc(-c3cc(C(N)=O)ccc3Cl)cc2C(F)(F)F)ccc1C. The molecule has 0 heterocycles. The molecule has 0 saturated carbocycles. The maximum atomic E-state index is 14.0. The summed E-state index contributed by atoms with van der Waals surface area (Å²) in [4.78, 5) is 25.4. The zero-order chi connectivity index (χ0) is 24.5. The molecule has 3 rings (SSSR count). The van der Waals surface area contributed by atoms with E-state index in [-0.39, 0.29) is 33.0 Å². The highest BCUT2D eigenvalue weighted by molar-refractivity contribution is 6.33. The zero-order valence-corrected chi connectivity index (χ0v) is 18.7. The number of nitrogens with two attached hydrogens (primary N) is 1. The van der Waals surface area contributed by atoms with E-state index in [1.807, 2.05) is 0 Å². The Bertz CT molecular complexity index is 1240. The van der Waals surface area contributed by atoms with Crippen molar-refractivity contribution < 1.29 is 27.5 Å². The predicted molar refractivity (Wildman–Crippen MR) is 121 cm³/mol. The lowest BCUT2D eigenvalue weighted by Crippen LogP contribution is -2.28. The molecule has 3 aromatic carbocycles. The minimum Gasteiger partial charge on any atom is -0.496 e.